The topological polar surface area (TPSA) is 29.3 Å². The third-order valence-corrected chi connectivity index (χ3v) is 3.75. The third kappa shape index (κ3) is 2.33. The molecule has 0 bridgehead atoms. The van der Waals surface area contributed by atoms with Gasteiger partial charge in [0.2, 0.25) is 0 Å². The standard InChI is InChI=1S/C13H19ClN2/c1-16(12-4-2-3-5-12)13-7-6-11(14)8-10(13)9-15/h6-8,12H,2-5,9,15H2,1H3. The summed E-state index contributed by atoms with van der Waals surface area (Å²) in [6.45, 7) is 0.549. The van der Waals surface area contributed by atoms with Gasteiger partial charge in [-0.1, -0.05) is 24.4 Å². The van der Waals surface area contributed by atoms with E-state index in [4.69, 9.17) is 17.3 Å². The molecule has 2 rings (SSSR count). The predicted molar refractivity (Wildman–Crippen MR) is 70.0 cm³/mol. The highest BCUT2D eigenvalue weighted by Crippen LogP contribution is 2.30. The zero-order valence-electron chi connectivity index (χ0n) is 9.75. The fourth-order valence-corrected chi connectivity index (χ4v) is 2.74. The minimum absolute atomic E-state index is 0.549. The van der Waals surface area contributed by atoms with Crippen LogP contribution in [-0.2, 0) is 6.54 Å². The van der Waals surface area contributed by atoms with Crippen molar-refractivity contribution in [3.05, 3.63) is 28.8 Å². The summed E-state index contributed by atoms with van der Waals surface area (Å²) in [5.41, 5.74) is 8.15. The molecule has 0 aliphatic heterocycles. The molecule has 2 nitrogen and oxygen atoms in total. The van der Waals surface area contributed by atoms with Crippen LogP contribution in [-0.4, -0.2) is 13.1 Å². The van der Waals surface area contributed by atoms with Crippen LogP contribution in [0.2, 0.25) is 5.02 Å². The summed E-state index contributed by atoms with van der Waals surface area (Å²) in [6.07, 6.45) is 5.29. The molecule has 88 valence electrons. The molecule has 0 atom stereocenters. The second-order valence-corrected chi connectivity index (χ2v) is 4.96. The zero-order chi connectivity index (χ0) is 11.5. The first kappa shape index (κ1) is 11.7. The van der Waals surface area contributed by atoms with Gasteiger partial charge < -0.3 is 10.6 Å². The molecule has 1 saturated carbocycles. The predicted octanol–water partition coefficient (Wildman–Crippen LogP) is 3.18. The average Bonchev–Trinajstić information content (AvgIpc) is 2.81. The molecular weight excluding hydrogens is 220 g/mol. The average molecular weight is 239 g/mol. The molecule has 0 saturated heterocycles. The van der Waals surface area contributed by atoms with E-state index in [9.17, 15) is 0 Å². The lowest BCUT2D eigenvalue weighted by atomic mass is 10.1. The fraction of sp³-hybridized carbons (Fsp3) is 0.538. The third-order valence-electron chi connectivity index (χ3n) is 3.51. The maximum atomic E-state index is 5.99. The number of rotatable bonds is 3. The van der Waals surface area contributed by atoms with E-state index in [2.05, 4.69) is 18.0 Å². The number of nitrogens with zero attached hydrogens (tertiary/aromatic N) is 1. The Balaban J connectivity index is 2.24. The van der Waals surface area contributed by atoms with E-state index in [1.54, 1.807) is 0 Å². The molecule has 0 spiro atoms. The number of hydrogen-bond donors (Lipinski definition) is 1. The first-order valence-electron chi connectivity index (χ1n) is 5.93. The van der Waals surface area contributed by atoms with Gasteiger partial charge in [0.15, 0.2) is 0 Å². The molecule has 1 aliphatic rings. The smallest absolute Gasteiger partial charge is 0.0412 e. The minimum atomic E-state index is 0.549. The van der Waals surface area contributed by atoms with Gasteiger partial charge >= 0.3 is 0 Å². The van der Waals surface area contributed by atoms with Crippen LogP contribution in [0, 0.1) is 0 Å². The quantitative estimate of drug-likeness (QED) is 0.877. The molecule has 16 heavy (non-hydrogen) atoms. The highest BCUT2D eigenvalue weighted by molar-refractivity contribution is 6.30. The lowest BCUT2D eigenvalue weighted by molar-refractivity contribution is 0.650. The second-order valence-electron chi connectivity index (χ2n) is 4.53. The Morgan fingerprint density at radius 3 is 2.69 bits per heavy atom. The van der Waals surface area contributed by atoms with Gasteiger partial charge in [-0.15, -0.1) is 0 Å². The van der Waals surface area contributed by atoms with Gasteiger partial charge in [0.25, 0.3) is 0 Å². The van der Waals surface area contributed by atoms with E-state index in [0.717, 1.165) is 10.6 Å². The maximum Gasteiger partial charge on any atom is 0.0412 e. The van der Waals surface area contributed by atoms with Gasteiger partial charge in [-0.05, 0) is 36.6 Å². The summed E-state index contributed by atoms with van der Waals surface area (Å²) >= 11 is 5.99. The first-order valence-corrected chi connectivity index (χ1v) is 6.31. The molecule has 0 unspecified atom stereocenters. The van der Waals surface area contributed by atoms with E-state index in [-0.39, 0.29) is 0 Å². The number of nitrogens with two attached hydrogens (primary N) is 1. The van der Waals surface area contributed by atoms with Crippen molar-refractivity contribution < 1.29 is 0 Å². The molecule has 0 amide bonds. The summed E-state index contributed by atoms with van der Waals surface area (Å²) in [7, 11) is 2.17. The van der Waals surface area contributed by atoms with Gasteiger partial charge in [-0.2, -0.15) is 0 Å². The van der Waals surface area contributed by atoms with Crippen LogP contribution in [0.3, 0.4) is 0 Å². The van der Waals surface area contributed by atoms with E-state index < -0.39 is 0 Å². The molecule has 1 aromatic carbocycles. The normalized spacial score (nSPS) is 16.7. The fourth-order valence-electron chi connectivity index (χ4n) is 2.55. The Morgan fingerprint density at radius 2 is 2.06 bits per heavy atom. The van der Waals surface area contributed by atoms with E-state index in [1.165, 1.54) is 31.4 Å². The van der Waals surface area contributed by atoms with Crippen LogP contribution in [0.4, 0.5) is 5.69 Å². The Kier molecular flexibility index (Phi) is 3.72. The second kappa shape index (κ2) is 5.07. The number of hydrogen-bond acceptors (Lipinski definition) is 2. The highest BCUT2D eigenvalue weighted by atomic mass is 35.5. The van der Waals surface area contributed by atoms with Gasteiger partial charge in [0, 0.05) is 30.3 Å². The van der Waals surface area contributed by atoms with Crippen LogP contribution in [0.5, 0.6) is 0 Å². The number of benzene rings is 1. The van der Waals surface area contributed by atoms with Crippen LogP contribution in [0.15, 0.2) is 18.2 Å². The van der Waals surface area contributed by atoms with Gasteiger partial charge in [-0.25, -0.2) is 0 Å². The molecule has 1 fully saturated rings. The summed E-state index contributed by atoms with van der Waals surface area (Å²) in [5.74, 6) is 0. The number of anilines is 1. The van der Waals surface area contributed by atoms with Crippen molar-refractivity contribution in [1.82, 2.24) is 0 Å². The molecule has 1 aromatic rings. The first-order chi connectivity index (χ1) is 7.72. The molecular formula is C13H19ClN2. The largest absolute Gasteiger partial charge is 0.371 e. The molecule has 2 N–H and O–H groups in total. The molecule has 0 heterocycles. The molecule has 1 aliphatic carbocycles. The van der Waals surface area contributed by atoms with E-state index in [1.807, 2.05) is 12.1 Å². The summed E-state index contributed by atoms with van der Waals surface area (Å²) in [4.78, 5) is 2.37. The minimum Gasteiger partial charge on any atom is -0.371 e. The summed E-state index contributed by atoms with van der Waals surface area (Å²) in [5, 5.41) is 0.768. The number of halogens is 1. The van der Waals surface area contributed by atoms with Crippen molar-refractivity contribution in [3.8, 4) is 0 Å². The van der Waals surface area contributed by atoms with E-state index >= 15 is 0 Å². The van der Waals surface area contributed by atoms with Crippen LogP contribution in [0.1, 0.15) is 31.2 Å². The zero-order valence-corrected chi connectivity index (χ0v) is 10.5. The highest BCUT2D eigenvalue weighted by Gasteiger charge is 2.21. The monoisotopic (exact) mass is 238 g/mol. The maximum absolute atomic E-state index is 5.99. The molecule has 0 radical (unpaired) electrons. The van der Waals surface area contributed by atoms with Crippen molar-refractivity contribution in [1.29, 1.82) is 0 Å². The van der Waals surface area contributed by atoms with Gasteiger partial charge in [0.05, 0.1) is 0 Å². The lowest BCUT2D eigenvalue weighted by Gasteiger charge is -2.28. The lowest BCUT2D eigenvalue weighted by Crippen LogP contribution is -2.29. The van der Waals surface area contributed by atoms with Crippen LogP contribution >= 0.6 is 11.6 Å². The Hall–Kier alpha value is -0.730. The summed E-state index contributed by atoms with van der Waals surface area (Å²) in [6, 6.07) is 6.68. The Bertz CT molecular complexity index is 359. The summed E-state index contributed by atoms with van der Waals surface area (Å²) < 4.78 is 0. The van der Waals surface area contributed by atoms with Crippen LogP contribution in [0.25, 0.3) is 0 Å². The van der Waals surface area contributed by atoms with Crippen molar-refractivity contribution in [3.63, 3.8) is 0 Å². The Morgan fingerprint density at radius 1 is 1.38 bits per heavy atom. The van der Waals surface area contributed by atoms with E-state index in [0.29, 0.717) is 12.6 Å². The van der Waals surface area contributed by atoms with Gasteiger partial charge in [0.1, 0.15) is 0 Å². The SMILES string of the molecule is CN(c1ccc(Cl)cc1CN)C1CCCC1. The molecule has 3 heteroatoms. The van der Waals surface area contributed by atoms with Gasteiger partial charge in [-0.3, -0.25) is 0 Å². The van der Waals surface area contributed by atoms with Crippen molar-refractivity contribution in [2.24, 2.45) is 5.73 Å². The molecule has 0 aromatic heterocycles. The Labute approximate surface area is 102 Å². The van der Waals surface area contributed by atoms with Crippen molar-refractivity contribution in [2.45, 2.75) is 38.3 Å². The van der Waals surface area contributed by atoms with Crippen molar-refractivity contribution in [2.75, 3.05) is 11.9 Å². The van der Waals surface area contributed by atoms with Crippen molar-refractivity contribution >= 4 is 17.3 Å². The van der Waals surface area contributed by atoms with Crippen LogP contribution < -0.4 is 10.6 Å².